The lowest BCUT2D eigenvalue weighted by atomic mass is 9.99. The Morgan fingerprint density at radius 3 is 2.59 bits per heavy atom. The number of nitrogens with one attached hydrogen (secondary N) is 2. The van der Waals surface area contributed by atoms with Crippen molar-refractivity contribution in [2.45, 2.75) is 38.8 Å². The summed E-state index contributed by atoms with van der Waals surface area (Å²) in [5.41, 5.74) is -0.494. The minimum absolute atomic E-state index is 0.0178. The lowest BCUT2D eigenvalue weighted by molar-refractivity contribution is -0.132. The number of carbonyl (C=O) groups is 1. The summed E-state index contributed by atoms with van der Waals surface area (Å²) in [6.07, 6.45) is 6.13. The van der Waals surface area contributed by atoms with Crippen LogP contribution in [0.3, 0.4) is 0 Å². The largest absolute Gasteiger partial charge is 0.341 e. The molecule has 1 heterocycles. The molecule has 1 unspecified atom stereocenters. The molecule has 2 N–H and O–H groups in total. The number of hydrogen-bond acceptors (Lipinski definition) is 3. The normalized spacial score (nSPS) is 19.4. The molecule has 96 valence electrons. The van der Waals surface area contributed by atoms with Crippen molar-refractivity contribution in [1.29, 1.82) is 0 Å². The molecule has 17 heavy (non-hydrogen) atoms. The summed E-state index contributed by atoms with van der Waals surface area (Å²) < 4.78 is 0. The molecule has 1 rings (SSSR count). The molecule has 1 atom stereocenters. The zero-order valence-corrected chi connectivity index (χ0v) is 11.0. The van der Waals surface area contributed by atoms with Crippen LogP contribution >= 0.6 is 0 Å². The first-order valence-electron chi connectivity index (χ1n) is 6.25. The van der Waals surface area contributed by atoms with Crippen LogP contribution in [0, 0.1) is 12.3 Å². The lowest BCUT2D eigenvalue weighted by Crippen LogP contribution is -2.60. The molecule has 1 amide bonds. The molecular formula is C13H23N3O. The molecule has 0 bridgehead atoms. The fourth-order valence-corrected chi connectivity index (χ4v) is 1.96. The van der Waals surface area contributed by atoms with Gasteiger partial charge in [0, 0.05) is 26.2 Å². The average molecular weight is 237 g/mol. The summed E-state index contributed by atoms with van der Waals surface area (Å²) in [5, 5.41) is 6.20. The van der Waals surface area contributed by atoms with Gasteiger partial charge >= 0.3 is 0 Å². The molecule has 4 nitrogen and oxygen atoms in total. The number of hydrogen-bond donors (Lipinski definition) is 2. The first kappa shape index (κ1) is 14.0. The summed E-state index contributed by atoms with van der Waals surface area (Å²) in [4.78, 5) is 14.4. The van der Waals surface area contributed by atoms with Crippen molar-refractivity contribution in [3.05, 3.63) is 0 Å². The molecule has 1 fully saturated rings. The molecule has 1 aliphatic rings. The number of rotatable bonds is 4. The molecule has 0 radical (unpaired) electrons. The Hall–Kier alpha value is -1.05. The molecular weight excluding hydrogens is 214 g/mol. The second kappa shape index (κ2) is 6.04. The number of amides is 1. The third-order valence-corrected chi connectivity index (χ3v) is 3.38. The van der Waals surface area contributed by atoms with Gasteiger partial charge in [-0.3, -0.25) is 9.69 Å². The summed E-state index contributed by atoms with van der Waals surface area (Å²) in [7, 11) is 0. The molecule has 0 aromatic rings. The first-order valence-corrected chi connectivity index (χ1v) is 6.25. The van der Waals surface area contributed by atoms with Gasteiger partial charge in [0.05, 0.1) is 11.6 Å². The predicted octanol–water partition coefficient (Wildman–Crippen LogP) is 0.198. The molecule has 0 aromatic carbocycles. The van der Waals surface area contributed by atoms with E-state index in [4.69, 9.17) is 6.42 Å². The van der Waals surface area contributed by atoms with E-state index in [0.29, 0.717) is 0 Å². The number of terminal acetylenes is 1. The monoisotopic (exact) mass is 237 g/mol. The Balaban J connectivity index is 2.62. The Kier molecular flexibility index (Phi) is 4.98. The second-order valence-electron chi connectivity index (χ2n) is 4.90. The smallest absolute Gasteiger partial charge is 0.240 e. The molecule has 1 aliphatic heterocycles. The Labute approximate surface area is 104 Å². The van der Waals surface area contributed by atoms with Crippen molar-refractivity contribution < 1.29 is 4.79 Å². The van der Waals surface area contributed by atoms with E-state index in [9.17, 15) is 4.79 Å². The van der Waals surface area contributed by atoms with Gasteiger partial charge in [-0.25, -0.2) is 0 Å². The SMILES string of the molecule is C#CC(CC)NC(=O)C(C)(C)N1CCNCC1. The topological polar surface area (TPSA) is 44.4 Å². The predicted molar refractivity (Wildman–Crippen MR) is 69.6 cm³/mol. The van der Waals surface area contributed by atoms with Crippen molar-refractivity contribution in [3.63, 3.8) is 0 Å². The van der Waals surface area contributed by atoms with E-state index in [1.807, 2.05) is 20.8 Å². The van der Waals surface area contributed by atoms with Gasteiger partial charge in [0.25, 0.3) is 0 Å². The molecule has 0 saturated carbocycles. The summed E-state index contributed by atoms with van der Waals surface area (Å²) >= 11 is 0. The van der Waals surface area contributed by atoms with Crippen LogP contribution in [0.1, 0.15) is 27.2 Å². The highest BCUT2D eigenvalue weighted by Crippen LogP contribution is 2.15. The highest BCUT2D eigenvalue weighted by molar-refractivity contribution is 5.86. The van der Waals surface area contributed by atoms with Gasteiger partial charge in [-0.2, -0.15) is 0 Å². The zero-order chi connectivity index (χ0) is 12.9. The standard InChI is InChI=1S/C13H23N3O/c1-5-11(6-2)15-12(17)13(3,4)16-9-7-14-8-10-16/h1,11,14H,6-10H2,2-4H3,(H,15,17). The van der Waals surface area contributed by atoms with Gasteiger partial charge in [0.15, 0.2) is 0 Å². The molecule has 0 spiro atoms. The molecule has 4 heteroatoms. The minimum Gasteiger partial charge on any atom is -0.341 e. The van der Waals surface area contributed by atoms with E-state index in [1.165, 1.54) is 0 Å². The molecule has 0 aromatic heterocycles. The van der Waals surface area contributed by atoms with Crippen LogP contribution in [-0.2, 0) is 4.79 Å². The average Bonchev–Trinajstić information content (AvgIpc) is 2.36. The van der Waals surface area contributed by atoms with E-state index in [0.717, 1.165) is 32.6 Å². The van der Waals surface area contributed by atoms with Crippen molar-refractivity contribution in [2.75, 3.05) is 26.2 Å². The maximum atomic E-state index is 12.2. The number of carbonyl (C=O) groups excluding carboxylic acids is 1. The fourth-order valence-electron chi connectivity index (χ4n) is 1.96. The van der Waals surface area contributed by atoms with E-state index in [2.05, 4.69) is 21.5 Å². The molecule has 0 aliphatic carbocycles. The lowest BCUT2D eigenvalue weighted by Gasteiger charge is -2.40. The summed E-state index contributed by atoms with van der Waals surface area (Å²) in [6.45, 7) is 9.54. The van der Waals surface area contributed by atoms with Crippen LogP contribution in [-0.4, -0.2) is 48.6 Å². The van der Waals surface area contributed by atoms with E-state index < -0.39 is 5.54 Å². The van der Waals surface area contributed by atoms with Crippen LogP contribution < -0.4 is 10.6 Å². The van der Waals surface area contributed by atoms with Crippen molar-refractivity contribution >= 4 is 5.91 Å². The molecule has 1 saturated heterocycles. The van der Waals surface area contributed by atoms with E-state index in [-0.39, 0.29) is 11.9 Å². The van der Waals surface area contributed by atoms with Crippen LogP contribution in [0.2, 0.25) is 0 Å². The van der Waals surface area contributed by atoms with Gasteiger partial charge < -0.3 is 10.6 Å². The third kappa shape index (κ3) is 3.45. The van der Waals surface area contributed by atoms with Gasteiger partial charge in [-0.15, -0.1) is 6.42 Å². The third-order valence-electron chi connectivity index (χ3n) is 3.38. The van der Waals surface area contributed by atoms with Gasteiger partial charge in [-0.1, -0.05) is 12.8 Å². The highest BCUT2D eigenvalue weighted by atomic mass is 16.2. The maximum Gasteiger partial charge on any atom is 0.240 e. The Morgan fingerprint density at radius 1 is 1.53 bits per heavy atom. The first-order chi connectivity index (χ1) is 8.02. The van der Waals surface area contributed by atoms with Crippen LogP contribution in [0.15, 0.2) is 0 Å². The quantitative estimate of drug-likeness (QED) is 0.687. The summed E-state index contributed by atoms with van der Waals surface area (Å²) in [5.74, 6) is 2.61. The Morgan fingerprint density at radius 2 is 2.12 bits per heavy atom. The van der Waals surface area contributed by atoms with Gasteiger partial charge in [0.1, 0.15) is 0 Å². The number of piperazine rings is 1. The zero-order valence-electron chi connectivity index (χ0n) is 11.0. The summed E-state index contributed by atoms with van der Waals surface area (Å²) in [6, 6.07) is -0.162. The second-order valence-corrected chi connectivity index (χ2v) is 4.90. The van der Waals surface area contributed by atoms with Gasteiger partial charge in [0.2, 0.25) is 5.91 Å². The van der Waals surface area contributed by atoms with Crippen LogP contribution in [0.4, 0.5) is 0 Å². The maximum absolute atomic E-state index is 12.2. The number of nitrogens with zero attached hydrogens (tertiary/aromatic N) is 1. The van der Waals surface area contributed by atoms with Crippen LogP contribution in [0.25, 0.3) is 0 Å². The highest BCUT2D eigenvalue weighted by Gasteiger charge is 2.35. The van der Waals surface area contributed by atoms with Crippen molar-refractivity contribution in [2.24, 2.45) is 0 Å². The van der Waals surface area contributed by atoms with E-state index in [1.54, 1.807) is 0 Å². The van der Waals surface area contributed by atoms with E-state index >= 15 is 0 Å². The van der Waals surface area contributed by atoms with Crippen LogP contribution in [0.5, 0.6) is 0 Å². The van der Waals surface area contributed by atoms with Crippen molar-refractivity contribution in [3.8, 4) is 12.3 Å². The minimum atomic E-state index is -0.494. The Bertz CT molecular complexity index is 300. The van der Waals surface area contributed by atoms with Gasteiger partial charge in [-0.05, 0) is 20.3 Å². The van der Waals surface area contributed by atoms with Crippen molar-refractivity contribution in [1.82, 2.24) is 15.5 Å². The fraction of sp³-hybridized carbons (Fsp3) is 0.769.